The second-order valence-corrected chi connectivity index (χ2v) is 5.51. The lowest BCUT2D eigenvalue weighted by Crippen LogP contribution is -2.57. The third-order valence-electron chi connectivity index (χ3n) is 3.44. The van der Waals surface area contributed by atoms with Crippen molar-refractivity contribution in [1.29, 1.82) is 0 Å². The molecule has 3 N–H and O–H groups in total. The number of carbonyl (C=O) groups excluding carboxylic acids is 1. The van der Waals surface area contributed by atoms with Crippen LogP contribution in [0.2, 0.25) is 0 Å². The van der Waals surface area contributed by atoms with Gasteiger partial charge in [0.1, 0.15) is 6.04 Å². The van der Waals surface area contributed by atoms with Crippen LogP contribution in [0.4, 0.5) is 0 Å². The summed E-state index contributed by atoms with van der Waals surface area (Å²) in [6.45, 7) is 4.47. The third kappa shape index (κ3) is 2.91. The fraction of sp³-hybridized carbons (Fsp3) is 0.462. The summed E-state index contributed by atoms with van der Waals surface area (Å²) in [5, 5.41) is 3.21. The van der Waals surface area contributed by atoms with Gasteiger partial charge in [0.15, 0.2) is 0 Å². The van der Waals surface area contributed by atoms with Crippen molar-refractivity contribution in [3.8, 4) is 0 Å². The highest BCUT2D eigenvalue weighted by atomic mass is 79.9. The van der Waals surface area contributed by atoms with Crippen LogP contribution >= 0.6 is 15.9 Å². The van der Waals surface area contributed by atoms with Crippen LogP contribution < -0.4 is 11.1 Å². The number of benzene rings is 1. The van der Waals surface area contributed by atoms with Crippen LogP contribution in [0.1, 0.15) is 18.5 Å². The maximum atomic E-state index is 11.5. The van der Waals surface area contributed by atoms with Gasteiger partial charge >= 0.3 is 0 Å². The zero-order chi connectivity index (χ0) is 13.1. The molecule has 1 heterocycles. The summed E-state index contributed by atoms with van der Waals surface area (Å²) >= 11 is 3.48. The first-order valence-electron chi connectivity index (χ1n) is 6.11. The minimum absolute atomic E-state index is 0.182. The molecule has 1 aromatic rings. The van der Waals surface area contributed by atoms with E-state index in [1.54, 1.807) is 0 Å². The van der Waals surface area contributed by atoms with Crippen molar-refractivity contribution >= 4 is 21.8 Å². The van der Waals surface area contributed by atoms with Crippen LogP contribution in [-0.2, 0) is 4.79 Å². The minimum Gasteiger partial charge on any atom is -0.368 e. The zero-order valence-corrected chi connectivity index (χ0v) is 12.0. The van der Waals surface area contributed by atoms with Crippen molar-refractivity contribution in [3.63, 3.8) is 0 Å². The first-order valence-corrected chi connectivity index (χ1v) is 6.90. The molecule has 2 atom stereocenters. The lowest BCUT2D eigenvalue weighted by atomic mass is 10.0. The molecule has 0 bridgehead atoms. The SMILES string of the molecule is CC(c1cccc(Br)c1)N1CCNCC1C(N)=O. The Bertz CT molecular complexity index is 438. The molecule has 1 amide bonds. The van der Waals surface area contributed by atoms with E-state index in [0.29, 0.717) is 6.54 Å². The zero-order valence-electron chi connectivity index (χ0n) is 10.4. The smallest absolute Gasteiger partial charge is 0.236 e. The maximum Gasteiger partial charge on any atom is 0.236 e. The third-order valence-corrected chi connectivity index (χ3v) is 3.94. The van der Waals surface area contributed by atoms with Crippen molar-refractivity contribution in [2.75, 3.05) is 19.6 Å². The van der Waals surface area contributed by atoms with Crippen LogP contribution in [0.3, 0.4) is 0 Å². The number of carbonyl (C=O) groups is 1. The van der Waals surface area contributed by atoms with E-state index in [4.69, 9.17) is 5.73 Å². The Hall–Kier alpha value is -0.910. The van der Waals surface area contributed by atoms with E-state index in [1.165, 1.54) is 5.56 Å². The van der Waals surface area contributed by atoms with E-state index in [0.717, 1.165) is 17.6 Å². The highest BCUT2D eigenvalue weighted by molar-refractivity contribution is 9.10. The average Bonchev–Trinajstić information content (AvgIpc) is 2.38. The highest BCUT2D eigenvalue weighted by Gasteiger charge is 2.30. The van der Waals surface area contributed by atoms with E-state index in [2.05, 4.69) is 45.2 Å². The molecule has 0 aliphatic carbocycles. The molecule has 1 aromatic carbocycles. The van der Waals surface area contributed by atoms with Crippen LogP contribution in [0, 0.1) is 0 Å². The molecule has 98 valence electrons. The topological polar surface area (TPSA) is 58.4 Å². The number of halogens is 1. The van der Waals surface area contributed by atoms with Gasteiger partial charge in [-0.1, -0.05) is 28.1 Å². The Morgan fingerprint density at radius 2 is 2.39 bits per heavy atom. The van der Waals surface area contributed by atoms with Crippen LogP contribution in [0.25, 0.3) is 0 Å². The van der Waals surface area contributed by atoms with Crippen molar-refractivity contribution in [2.24, 2.45) is 5.73 Å². The Labute approximate surface area is 116 Å². The summed E-state index contributed by atoms with van der Waals surface area (Å²) in [4.78, 5) is 13.7. The largest absolute Gasteiger partial charge is 0.368 e. The molecule has 1 aliphatic rings. The standard InChI is InChI=1S/C13H18BrN3O/c1-9(10-3-2-4-11(14)7-10)17-6-5-16-8-12(17)13(15)18/h2-4,7,9,12,16H,5-6,8H2,1H3,(H2,15,18). The normalized spacial score (nSPS) is 22.7. The van der Waals surface area contributed by atoms with E-state index < -0.39 is 0 Å². The Morgan fingerprint density at radius 3 is 3.06 bits per heavy atom. The predicted octanol–water partition coefficient (Wildman–Crippen LogP) is 1.27. The second kappa shape index (κ2) is 5.82. The highest BCUT2D eigenvalue weighted by Crippen LogP contribution is 2.25. The molecule has 1 fully saturated rings. The molecule has 1 saturated heterocycles. The fourth-order valence-electron chi connectivity index (χ4n) is 2.41. The molecule has 0 saturated carbocycles. The summed E-state index contributed by atoms with van der Waals surface area (Å²) in [5.74, 6) is -0.260. The van der Waals surface area contributed by atoms with Gasteiger partial charge in [-0.15, -0.1) is 0 Å². The van der Waals surface area contributed by atoms with Gasteiger partial charge in [0.05, 0.1) is 0 Å². The van der Waals surface area contributed by atoms with Crippen molar-refractivity contribution in [1.82, 2.24) is 10.2 Å². The monoisotopic (exact) mass is 311 g/mol. The number of nitrogens with one attached hydrogen (secondary N) is 1. The van der Waals surface area contributed by atoms with Gasteiger partial charge < -0.3 is 11.1 Å². The average molecular weight is 312 g/mol. The molecule has 2 unspecified atom stereocenters. The van der Waals surface area contributed by atoms with Crippen LogP contribution in [0.15, 0.2) is 28.7 Å². The van der Waals surface area contributed by atoms with E-state index in [1.807, 2.05) is 12.1 Å². The quantitative estimate of drug-likeness (QED) is 0.884. The van der Waals surface area contributed by atoms with Gasteiger partial charge in [0.2, 0.25) is 5.91 Å². The van der Waals surface area contributed by atoms with Gasteiger partial charge in [-0.2, -0.15) is 0 Å². The fourth-order valence-corrected chi connectivity index (χ4v) is 2.82. The van der Waals surface area contributed by atoms with Crippen LogP contribution in [-0.4, -0.2) is 36.5 Å². The molecule has 0 aromatic heterocycles. The van der Waals surface area contributed by atoms with Crippen LogP contribution in [0.5, 0.6) is 0 Å². The number of primary amides is 1. The van der Waals surface area contributed by atoms with Crippen molar-refractivity contribution in [3.05, 3.63) is 34.3 Å². The first kappa shape index (κ1) is 13.5. The number of nitrogens with zero attached hydrogens (tertiary/aromatic N) is 1. The summed E-state index contributed by atoms with van der Waals surface area (Å²) in [5.41, 5.74) is 6.67. The summed E-state index contributed by atoms with van der Waals surface area (Å²) in [6, 6.07) is 8.13. The lowest BCUT2D eigenvalue weighted by Gasteiger charge is -2.38. The molecule has 4 nitrogen and oxygen atoms in total. The number of rotatable bonds is 3. The summed E-state index contributed by atoms with van der Waals surface area (Å²) in [6.07, 6.45) is 0. The molecule has 5 heteroatoms. The van der Waals surface area contributed by atoms with E-state index in [9.17, 15) is 4.79 Å². The Kier molecular flexibility index (Phi) is 4.37. The number of piperazine rings is 1. The van der Waals surface area contributed by atoms with Gasteiger partial charge in [0, 0.05) is 30.1 Å². The Balaban J connectivity index is 2.20. The van der Waals surface area contributed by atoms with Gasteiger partial charge in [-0.25, -0.2) is 0 Å². The first-order chi connectivity index (χ1) is 8.59. The lowest BCUT2D eigenvalue weighted by molar-refractivity contribution is -0.124. The van der Waals surface area contributed by atoms with Gasteiger partial charge in [-0.3, -0.25) is 9.69 Å². The molecular weight excluding hydrogens is 294 g/mol. The number of hydrogen-bond acceptors (Lipinski definition) is 3. The molecule has 1 aliphatic heterocycles. The molecule has 0 spiro atoms. The maximum absolute atomic E-state index is 11.5. The molecular formula is C13H18BrN3O. The van der Waals surface area contributed by atoms with Gasteiger partial charge in [0.25, 0.3) is 0 Å². The van der Waals surface area contributed by atoms with E-state index >= 15 is 0 Å². The van der Waals surface area contributed by atoms with Crippen molar-refractivity contribution in [2.45, 2.75) is 19.0 Å². The Morgan fingerprint density at radius 1 is 1.61 bits per heavy atom. The number of nitrogens with two attached hydrogens (primary N) is 1. The summed E-state index contributed by atoms with van der Waals surface area (Å²) in [7, 11) is 0. The van der Waals surface area contributed by atoms with Gasteiger partial charge in [-0.05, 0) is 24.6 Å². The summed E-state index contributed by atoms with van der Waals surface area (Å²) < 4.78 is 1.05. The van der Waals surface area contributed by atoms with E-state index in [-0.39, 0.29) is 18.0 Å². The molecule has 0 radical (unpaired) electrons. The minimum atomic E-state index is -0.260. The second-order valence-electron chi connectivity index (χ2n) is 4.59. The molecule has 2 rings (SSSR count). The number of hydrogen-bond donors (Lipinski definition) is 2. The number of amides is 1. The van der Waals surface area contributed by atoms with Crippen molar-refractivity contribution < 1.29 is 4.79 Å². The predicted molar refractivity (Wildman–Crippen MR) is 75.1 cm³/mol. The molecule has 18 heavy (non-hydrogen) atoms.